The predicted molar refractivity (Wildman–Crippen MR) is 53.0 cm³/mol. The smallest absolute Gasteiger partial charge is 0.262 e. The molecule has 1 saturated heterocycles. The van der Waals surface area contributed by atoms with E-state index in [0.717, 1.165) is 0 Å². The minimum atomic E-state index is -2.84. The summed E-state index contributed by atoms with van der Waals surface area (Å²) >= 11 is 0. The molecule has 0 aromatic rings. The Morgan fingerprint density at radius 2 is 2.12 bits per heavy atom. The standard InChI is InChI=1S/C9H15F2N3O2/c1-2-12-7(15)4-13-8(16)6-3-9(10,11)5-14-6/h6,14H,2-5H2,1H3,(H,12,15)(H,13,16). The van der Waals surface area contributed by atoms with Crippen LogP contribution in [0.15, 0.2) is 0 Å². The van der Waals surface area contributed by atoms with Crippen molar-refractivity contribution in [1.29, 1.82) is 0 Å². The SMILES string of the molecule is CCNC(=O)CNC(=O)C1CC(F)(F)CN1. The minimum absolute atomic E-state index is 0.184. The zero-order valence-corrected chi connectivity index (χ0v) is 8.98. The van der Waals surface area contributed by atoms with E-state index >= 15 is 0 Å². The first-order valence-electron chi connectivity index (χ1n) is 5.10. The van der Waals surface area contributed by atoms with Crippen LogP contribution in [0.2, 0.25) is 0 Å². The number of carbonyl (C=O) groups is 2. The Labute approximate surface area is 92.0 Å². The van der Waals surface area contributed by atoms with E-state index in [4.69, 9.17) is 0 Å². The van der Waals surface area contributed by atoms with Crippen molar-refractivity contribution in [1.82, 2.24) is 16.0 Å². The molecule has 7 heteroatoms. The highest BCUT2D eigenvalue weighted by Gasteiger charge is 2.42. The number of hydrogen-bond donors (Lipinski definition) is 3. The third-order valence-corrected chi connectivity index (χ3v) is 2.22. The Morgan fingerprint density at radius 3 is 2.62 bits per heavy atom. The van der Waals surface area contributed by atoms with E-state index in [1.54, 1.807) is 6.92 Å². The molecule has 0 aromatic heterocycles. The Bertz CT molecular complexity index is 284. The summed E-state index contributed by atoms with van der Waals surface area (Å²) in [6.07, 6.45) is -0.520. The van der Waals surface area contributed by atoms with Gasteiger partial charge in [0.25, 0.3) is 5.92 Å². The van der Waals surface area contributed by atoms with Gasteiger partial charge in [0.15, 0.2) is 0 Å². The van der Waals surface area contributed by atoms with Crippen LogP contribution in [0.4, 0.5) is 8.78 Å². The van der Waals surface area contributed by atoms with Crippen LogP contribution in [0.25, 0.3) is 0 Å². The van der Waals surface area contributed by atoms with Gasteiger partial charge in [-0.3, -0.25) is 14.9 Å². The molecule has 92 valence electrons. The monoisotopic (exact) mass is 235 g/mol. The van der Waals surface area contributed by atoms with E-state index in [1.807, 2.05) is 0 Å². The second-order valence-electron chi connectivity index (χ2n) is 3.66. The molecule has 1 atom stereocenters. The average molecular weight is 235 g/mol. The highest BCUT2D eigenvalue weighted by atomic mass is 19.3. The molecule has 0 spiro atoms. The van der Waals surface area contributed by atoms with Gasteiger partial charge in [0.2, 0.25) is 11.8 Å². The van der Waals surface area contributed by atoms with Crippen molar-refractivity contribution < 1.29 is 18.4 Å². The second-order valence-corrected chi connectivity index (χ2v) is 3.66. The lowest BCUT2D eigenvalue weighted by molar-refractivity contribution is -0.127. The fraction of sp³-hybridized carbons (Fsp3) is 0.778. The van der Waals surface area contributed by atoms with Gasteiger partial charge in [0.1, 0.15) is 0 Å². The van der Waals surface area contributed by atoms with Gasteiger partial charge in [0, 0.05) is 13.0 Å². The lowest BCUT2D eigenvalue weighted by Crippen LogP contribution is -2.44. The van der Waals surface area contributed by atoms with Crippen molar-refractivity contribution in [3.8, 4) is 0 Å². The number of alkyl halides is 2. The number of likely N-dealkylation sites (N-methyl/N-ethyl adjacent to an activating group) is 1. The normalized spacial score (nSPS) is 22.8. The minimum Gasteiger partial charge on any atom is -0.355 e. The number of nitrogens with one attached hydrogen (secondary N) is 3. The van der Waals surface area contributed by atoms with Crippen molar-refractivity contribution in [3.63, 3.8) is 0 Å². The summed E-state index contributed by atoms with van der Waals surface area (Å²) in [5.74, 6) is -3.74. The van der Waals surface area contributed by atoms with Gasteiger partial charge in [0.05, 0.1) is 19.1 Å². The van der Waals surface area contributed by atoms with Gasteiger partial charge in [-0.2, -0.15) is 0 Å². The van der Waals surface area contributed by atoms with Crippen LogP contribution < -0.4 is 16.0 Å². The first-order valence-corrected chi connectivity index (χ1v) is 5.10. The molecule has 1 fully saturated rings. The molecule has 0 saturated carbocycles. The molecule has 0 aromatic carbocycles. The first kappa shape index (κ1) is 12.8. The van der Waals surface area contributed by atoms with Crippen molar-refractivity contribution in [3.05, 3.63) is 0 Å². The van der Waals surface area contributed by atoms with Gasteiger partial charge in [-0.1, -0.05) is 0 Å². The van der Waals surface area contributed by atoms with Gasteiger partial charge in [-0.25, -0.2) is 8.78 Å². The molecule has 5 nitrogen and oxygen atoms in total. The molecule has 1 aliphatic rings. The second kappa shape index (κ2) is 5.20. The average Bonchev–Trinajstić information content (AvgIpc) is 2.56. The molecule has 1 aliphatic heterocycles. The van der Waals surface area contributed by atoms with Crippen LogP contribution in [-0.2, 0) is 9.59 Å². The van der Waals surface area contributed by atoms with E-state index in [9.17, 15) is 18.4 Å². The highest BCUT2D eigenvalue weighted by Crippen LogP contribution is 2.24. The Morgan fingerprint density at radius 1 is 1.44 bits per heavy atom. The quantitative estimate of drug-likeness (QED) is 0.599. The molecule has 16 heavy (non-hydrogen) atoms. The van der Waals surface area contributed by atoms with Crippen LogP contribution in [0.5, 0.6) is 0 Å². The van der Waals surface area contributed by atoms with Crippen molar-refractivity contribution in [2.45, 2.75) is 25.3 Å². The number of carbonyl (C=O) groups excluding carboxylic acids is 2. The van der Waals surface area contributed by atoms with E-state index < -0.39 is 30.8 Å². The lowest BCUT2D eigenvalue weighted by atomic mass is 10.2. The summed E-state index contributed by atoms with van der Waals surface area (Å²) in [6.45, 7) is 1.54. The molecule has 0 radical (unpaired) electrons. The third kappa shape index (κ3) is 3.73. The topological polar surface area (TPSA) is 70.2 Å². The number of halogens is 2. The van der Waals surface area contributed by atoms with Crippen LogP contribution >= 0.6 is 0 Å². The summed E-state index contributed by atoms with van der Waals surface area (Å²) in [5.41, 5.74) is 0. The predicted octanol–water partition coefficient (Wildman–Crippen LogP) is -0.764. The highest BCUT2D eigenvalue weighted by molar-refractivity contribution is 5.87. The maximum Gasteiger partial charge on any atom is 0.262 e. The molecule has 3 N–H and O–H groups in total. The van der Waals surface area contributed by atoms with Crippen molar-refractivity contribution in [2.24, 2.45) is 0 Å². The Kier molecular flexibility index (Phi) is 4.17. The molecular formula is C9H15F2N3O2. The van der Waals surface area contributed by atoms with Gasteiger partial charge >= 0.3 is 0 Å². The summed E-state index contributed by atoms with van der Waals surface area (Å²) in [6, 6.07) is -0.913. The Balaban J connectivity index is 2.29. The van der Waals surface area contributed by atoms with E-state index in [2.05, 4.69) is 16.0 Å². The van der Waals surface area contributed by atoms with E-state index in [0.29, 0.717) is 6.54 Å². The summed E-state index contributed by atoms with van der Waals surface area (Å²) in [4.78, 5) is 22.4. The Hall–Kier alpha value is -1.24. The summed E-state index contributed by atoms with van der Waals surface area (Å²) in [5, 5.41) is 7.19. The van der Waals surface area contributed by atoms with Crippen LogP contribution in [0.3, 0.4) is 0 Å². The van der Waals surface area contributed by atoms with Gasteiger partial charge in [-0.05, 0) is 6.92 Å². The molecule has 0 bridgehead atoms. The fourth-order valence-corrected chi connectivity index (χ4v) is 1.45. The number of hydrogen-bond acceptors (Lipinski definition) is 3. The lowest BCUT2D eigenvalue weighted by Gasteiger charge is -2.10. The molecule has 2 amide bonds. The van der Waals surface area contributed by atoms with Gasteiger partial charge in [-0.15, -0.1) is 0 Å². The van der Waals surface area contributed by atoms with Crippen LogP contribution in [0, 0.1) is 0 Å². The van der Waals surface area contributed by atoms with Crippen molar-refractivity contribution >= 4 is 11.8 Å². The van der Waals surface area contributed by atoms with E-state index in [1.165, 1.54) is 0 Å². The first-order chi connectivity index (χ1) is 7.44. The molecule has 1 rings (SSSR count). The fourth-order valence-electron chi connectivity index (χ4n) is 1.45. The maximum absolute atomic E-state index is 12.8. The van der Waals surface area contributed by atoms with Crippen LogP contribution in [0.1, 0.15) is 13.3 Å². The summed E-state index contributed by atoms with van der Waals surface area (Å²) < 4.78 is 25.5. The zero-order valence-electron chi connectivity index (χ0n) is 8.98. The summed E-state index contributed by atoms with van der Waals surface area (Å²) in [7, 11) is 0. The maximum atomic E-state index is 12.8. The van der Waals surface area contributed by atoms with Gasteiger partial charge < -0.3 is 10.6 Å². The molecule has 1 heterocycles. The number of rotatable bonds is 4. The molecule has 1 unspecified atom stereocenters. The zero-order chi connectivity index (χ0) is 12.2. The van der Waals surface area contributed by atoms with Crippen molar-refractivity contribution in [2.75, 3.05) is 19.6 Å². The third-order valence-electron chi connectivity index (χ3n) is 2.22. The largest absolute Gasteiger partial charge is 0.355 e. The van der Waals surface area contributed by atoms with E-state index in [-0.39, 0.29) is 12.5 Å². The molecular weight excluding hydrogens is 220 g/mol. The molecule has 0 aliphatic carbocycles. The number of amides is 2. The van der Waals surface area contributed by atoms with Crippen LogP contribution in [-0.4, -0.2) is 43.4 Å².